The van der Waals surface area contributed by atoms with Crippen molar-refractivity contribution in [3.05, 3.63) is 123 Å². The lowest BCUT2D eigenvalue weighted by Gasteiger charge is -2.29. The number of carbonyl (C=O) groups is 1. The van der Waals surface area contributed by atoms with Crippen LogP contribution in [-0.4, -0.2) is 53.4 Å². The predicted octanol–water partition coefficient (Wildman–Crippen LogP) is 5.91. The van der Waals surface area contributed by atoms with Gasteiger partial charge in [-0.05, 0) is 93.2 Å². The fourth-order valence-electron chi connectivity index (χ4n) is 6.91. The third-order valence-corrected chi connectivity index (χ3v) is 9.22. The van der Waals surface area contributed by atoms with Crippen LogP contribution in [0.25, 0.3) is 33.5 Å². The summed E-state index contributed by atoms with van der Waals surface area (Å²) in [6, 6.07) is 15.9. The molecule has 1 aliphatic carbocycles. The lowest BCUT2D eigenvalue weighted by Crippen LogP contribution is -2.43. The number of phenols is 1. The van der Waals surface area contributed by atoms with Crippen LogP contribution in [0.2, 0.25) is 0 Å². The van der Waals surface area contributed by atoms with Gasteiger partial charge in [-0.25, -0.2) is 28.1 Å². The Morgan fingerprint density at radius 3 is 2.51 bits per heavy atom. The molecule has 0 saturated heterocycles. The normalized spacial score (nSPS) is 16.5. The summed E-state index contributed by atoms with van der Waals surface area (Å²) in [6.45, 7) is 0.654. The number of hydrogen-bond acceptors (Lipinski definition) is 7. The van der Waals surface area contributed by atoms with E-state index in [0.29, 0.717) is 54.7 Å². The summed E-state index contributed by atoms with van der Waals surface area (Å²) < 4.78 is 32.1. The van der Waals surface area contributed by atoms with Crippen molar-refractivity contribution < 1.29 is 18.7 Å². The van der Waals surface area contributed by atoms with Gasteiger partial charge in [0.15, 0.2) is 11.4 Å². The number of nitrogens with zero attached hydrogens (tertiary/aromatic N) is 6. The number of hydrogen-bond donors (Lipinski definition) is 1. The van der Waals surface area contributed by atoms with Crippen molar-refractivity contribution >= 4 is 22.5 Å². The number of pyridine rings is 2. The summed E-state index contributed by atoms with van der Waals surface area (Å²) in [5, 5.41) is 10.9. The minimum Gasteiger partial charge on any atom is -0.507 e. The van der Waals surface area contributed by atoms with Gasteiger partial charge in [-0.3, -0.25) is 14.2 Å². The van der Waals surface area contributed by atoms with E-state index < -0.39 is 28.9 Å². The molecule has 4 aromatic heterocycles. The van der Waals surface area contributed by atoms with Crippen LogP contribution >= 0.6 is 0 Å². The van der Waals surface area contributed by atoms with Crippen LogP contribution in [0.5, 0.6) is 5.75 Å². The first-order valence-corrected chi connectivity index (χ1v) is 16.1. The molecule has 250 valence electrons. The fraction of sp³-hybridized carbons (Fsp3) is 0.270. The number of ketones is 1. The summed E-state index contributed by atoms with van der Waals surface area (Å²) in [5.41, 5.74) is 2.10. The van der Waals surface area contributed by atoms with E-state index in [-0.39, 0.29) is 40.6 Å². The number of halogens is 2. The molecule has 6 aromatic rings. The van der Waals surface area contributed by atoms with E-state index >= 15 is 0 Å². The highest BCUT2D eigenvalue weighted by Gasteiger charge is 2.29. The number of fused-ring (bicyclic) bond motifs is 2. The third kappa shape index (κ3) is 6.27. The van der Waals surface area contributed by atoms with Crippen molar-refractivity contribution in [2.24, 2.45) is 5.92 Å². The van der Waals surface area contributed by atoms with Crippen molar-refractivity contribution in [2.75, 3.05) is 14.1 Å². The first-order chi connectivity index (χ1) is 23.5. The van der Waals surface area contributed by atoms with Gasteiger partial charge in [0, 0.05) is 37.0 Å². The van der Waals surface area contributed by atoms with E-state index in [1.54, 1.807) is 24.3 Å². The van der Waals surface area contributed by atoms with Crippen LogP contribution in [0.4, 0.5) is 8.78 Å². The number of Topliss-reactive ketones (excluding diaryl/α,β-unsaturated/α-hetero) is 1. The second-order valence-corrected chi connectivity index (χ2v) is 13.0. The summed E-state index contributed by atoms with van der Waals surface area (Å²) in [4.78, 5) is 51.6. The van der Waals surface area contributed by atoms with Crippen molar-refractivity contribution in [3.63, 3.8) is 0 Å². The molecule has 7 rings (SSSR count). The lowest BCUT2D eigenvalue weighted by atomic mass is 9.82. The number of imidazole rings is 1. The topological polar surface area (TPSA) is 115 Å². The molecule has 0 radical (unpaired) electrons. The Morgan fingerprint density at radius 1 is 0.959 bits per heavy atom. The van der Waals surface area contributed by atoms with Crippen molar-refractivity contribution in [1.29, 1.82) is 0 Å². The Hall–Kier alpha value is -5.49. The molecule has 1 aliphatic rings. The predicted molar refractivity (Wildman–Crippen MR) is 181 cm³/mol. The Balaban J connectivity index is 1.19. The molecule has 0 bridgehead atoms. The number of aromatic nitrogens is 5. The quantitative estimate of drug-likeness (QED) is 0.201. The molecule has 0 atom stereocenters. The van der Waals surface area contributed by atoms with Gasteiger partial charge in [0.05, 0.1) is 17.3 Å². The lowest BCUT2D eigenvalue weighted by molar-refractivity contribution is 0.0938. The van der Waals surface area contributed by atoms with Crippen molar-refractivity contribution in [3.8, 4) is 22.6 Å². The molecule has 2 aromatic carbocycles. The van der Waals surface area contributed by atoms with Crippen LogP contribution < -0.4 is 11.2 Å². The van der Waals surface area contributed by atoms with E-state index in [9.17, 15) is 28.3 Å². The number of carbonyl (C=O) groups excluding carboxylic acids is 1. The maximum absolute atomic E-state index is 14.5. The molecular weight excluding hydrogens is 630 g/mol. The highest BCUT2D eigenvalue weighted by molar-refractivity contribution is 5.95. The van der Waals surface area contributed by atoms with E-state index in [1.165, 1.54) is 38.1 Å². The summed E-state index contributed by atoms with van der Waals surface area (Å²) >= 11 is 0. The molecule has 1 fully saturated rings. The largest absolute Gasteiger partial charge is 0.507 e. The van der Waals surface area contributed by atoms with E-state index in [1.807, 2.05) is 37.2 Å². The molecule has 0 unspecified atom stereocenters. The maximum Gasteiger partial charge on any atom is 0.337 e. The SMILES string of the molecule is CN(C)Cc1ccc(-c2cccc(-n3c(=O)n(C4CCC(CC(=O)c5cn6cc(F)ccc6n5)CC4)c(=O)c4cc(F)cnc43)c2)c(O)c1. The van der Waals surface area contributed by atoms with E-state index in [0.717, 1.165) is 17.8 Å². The highest BCUT2D eigenvalue weighted by atomic mass is 19.1. The molecule has 1 saturated carbocycles. The second kappa shape index (κ2) is 12.8. The number of rotatable bonds is 8. The van der Waals surface area contributed by atoms with E-state index in [4.69, 9.17) is 0 Å². The maximum atomic E-state index is 14.5. The van der Waals surface area contributed by atoms with Crippen LogP contribution in [0.15, 0.2) is 88.8 Å². The molecule has 49 heavy (non-hydrogen) atoms. The van der Waals surface area contributed by atoms with Gasteiger partial charge in [0.1, 0.15) is 28.7 Å². The molecular formula is C37H34F2N6O4. The summed E-state index contributed by atoms with van der Waals surface area (Å²) in [6.07, 6.45) is 6.10. The molecule has 4 heterocycles. The number of aromatic hydroxyl groups is 1. The molecule has 1 N–H and O–H groups in total. The zero-order chi connectivity index (χ0) is 34.4. The molecule has 10 nitrogen and oxygen atoms in total. The highest BCUT2D eigenvalue weighted by Crippen LogP contribution is 2.35. The van der Waals surface area contributed by atoms with Gasteiger partial charge in [-0.15, -0.1) is 0 Å². The van der Waals surface area contributed by atoms with Gasteiger partial charge in [0.2, 0.25) is 0 Å². The van der Waals surface area contributed by atoms with Gasteiger partial charge in [0.25, 0.3) is 5.56 Å². The minimum atomic E-state index is -0.699. The minimum absolute atomic E-state index is 0.0104. The molecule has 0 spiro atoms. The second-order valence-electron chi connectivity index (χ2n) is 13.0. The summed E-state index contributed by atoms with van der Waals surface area (Å²) in [5.74, 6) is -1.19. The Morgan fingerprint density at radius 2 is 1.76 bits per heavy atom. The van der Waals surface area contributed by atoms with Crippen LogP contribution in [-0.2, 0) is 6.54 Å². The molecule has 0 aliphatic heterocycles. The van der Waals surface area contributed by atoms with Crippen molar-refractivity contribution in [2.45, 2.75) is 44.7 Å². The smallest absolute Gasteiger partial charge is 0.337 e. The first-order valence-electron chi connectivity index (χ1n) is 16.1. The monoisotopic (exact) mass is 664 g/mol. The standard InChI is InChI=1S/C37H34F2N6O4/c1-42(2)19-23-8-12-29(32(46)15-23)24-4-3-5-28(16-24)44-35-30(17-26(39)18-40-35)36(48)45(37(44)49)27-10-6-22(7-11-27)14-33(47)31-21-43-20-25(38)9-13-34(43)41-31/h3-5,8-9,12-13,15-18,20-22,27,46H,6-7,10-11,14,19H2,1-2H3. The van der Waals surface area contributed by atoms with Crippen LogP contribution in [0.1, 0.15) is 54.2 Å². The zero-order valence-electron chi connectivity index (χ0n) is 27.0. The summed E-state index contributed by atoms with van der Waals surface area (Å²) in [7, 11) is 3.88. The number of benzene rings is 2. The fourth-order valence-corrected chi connectivity index (χ4v) is 6.91. The first kappa shape index (κ1) is 32.1. The zero-order valence-corrected chi connectivity index (χ0v) is 27.0. The van der Waals surface area contributed by atoms with E-state index in [2.05, 4.69) is 9.97 Å². The Kier molecular flexibility index (Phi) is 8.41. The third-order valence-electron chi connectivity index (χ3n) is 9.22. The van der Waals surface area contributed by atoms with Crippen LogP contribution in [0.3, 0.4) is 0 Å². The average molecular weight is 665 g/mol. The van der Waals surface area contributed by atoms with Crippen LogP contribution in [0, 0.1) is 17.6 Å². The van der Waals surface area contributed by atoms with Gasteiger partial charge >= 0.3 is 5.69 Å². The molecule has 0 amide bonds. The average Bonchev–Trinajstić information content (AvgIpc) is 3.49. The van der Waals surface area contributed by atoms with Crippen molar-refractivity contribution in [1.82, 2.24) is 28.4 Å². The van der Waals surface area contributed by atoms with Gasteiger partial charge in [-0.2, -0.15) is 0 Å². The Labute approximate surface area is 279 Å². The Bertz CT molecular complexity index is 2350. The molecule has 12 heteroatoms. The number of phenolic OH excluding ortho intramolecular Hbond substituents is 1. The van der Waals surface area contributed by atoms with Gasteiger partial charge < -0.3 is 14.4 Å². The van der Waals surface area contributed by atoms with Gasteiger partial charge in [-0.1, -0.05) is 24.3 Å².